The van der Waals surface area contributed by atoms with Crippen molar-refractivity contribution in [3.8, 4) is 11.3 Å². The van der Waals surface area contributed by atoms with Gasteiger partial charge in [0.25, 0.3) is 0 Å². The fraction of sp³-hybridized carbons (Fsp3) is 0.286. The lowest BCUT2D eigenvalue weighted by Crippen LogP contribution is -2.13. The average molecular weight is 256 g/mol. The number of nitrogens with zero attached hydrogens (tertiary/aromatic N) is 3. The van der Waals surface area contributed by atoms with E-state index in [2.05, 4.69) is 19.9 Å². The van der Waals surface area contributed by atoms with Gasteiger partial charge >= 0.3 is 0 Å². The van der Waals surface area contributed by atoms with Gasteiger partial charge in [0, 0.05) is 25.6 Å². The van der Waals surface area contributed by atoms with Crippen molar-refractivity contribution in [2.24, 2.45) is 7.05 Å². The quantitative estimate of drug-likeness (QED) is 0.775. The normalized spacial score (nSPS) is 11.3. The van der Waals surface area contributed by atoms with Crippen molar-refractivity contribution < 1.29 is 4.42 Å². The van der Waals surface area contributed by atoms with Gasteiger partial charge in [0.15, 0.2) is 12.0 Å². The van der Waals surface area contributed by atoms with Crippen LogP contribution in [0.1, 0.15) is 5.82 Å². The van der Waals surface area contributed by atoms with Crippen LogP contribution >= 0.6 is 0 Å². The fourth-order valence-corrected chi connectivity index (χ4v) is 2.20. The van der Waals surface area contributed by atoms with Gasteiger partial charge < -0.3 is 14.3 Å². The fourth-order valence-electron chi connectivity index (χ4n) is 2.20. The number of oxazole rings is 1. The zero-order chi connectivity index (χ0) is 13.2. The topological polar surface area (TPSA) is 55.9 Å². The number of aromatic nitrogens is 3. The van der Waals surface area contributed by atoms with Crippen molar-refractivity contribution >= 4 is 11.1 Å². The first-order valence-corrected chi connectivity index (χ1v) is 6.28. The van der Waals surface area contributed by atoms with E-state index in [1.165, 1.54) is 6.39 Å². The Kier molecular flexibility index (Phi) is 3.05. The van der Waals surface area contributed by atoms with Crippen LogP contribution < -0.4 is 5.32 Å². The molecule has 0 saturated heterocycles. The van der Waals surface area contributed by atoms with Gasteiger partial charge in [0.2, 0.25) is 0 Å². The molecular weight excluding hydrogens is 240 g/mol. The van der Waals surface area contributed by atoms with E-state index in [4.69, 9.17) is 4.42 Å². The largest absolute Gasteiger partial charge is 0.443 e. The average Bonchev–Trinajstić information content (AvgIpc) is 3.02. The lowest BCUT2D eigenvalue weighted by molar-refractivity contribution is 0.602. The Labute approximate surface area is 111 Å². The molecule has 0 unspecified atom stereocenters. The number of fused-ring (bicyclic) bond motifs is 1. The van der Waals surface area contributed by atoms with Crippen molar-refractivity contribution in [1.29, 1.82) is 0 Å². The minimum absolute atomic E-state index is 0.801. The molecular formula is C14H16N4O. The number of benzene rings is 1. The van der Waals surface area contributed by atoms with Crippen LogP contribution in [0.3, 0.4) is 0 Å². The van der Waals surface area contributed by atoms with Gasteiger partial charge in [0.1, 0.15) is 11.3 Å². The highest BCUT2D eigenvalue weighted by Gasteiger charge is 2.09. The highest BCUT2D eigenvalue weighted by Crippen LogP contribution is 2.24. The molecule has 0 radical (unpaired) electrons. The molecule has 3 rings (SSSR count). The Morgan fingerprint density at radius 1 is 1.32 bits per heavy atom. The summed E-state index contributed by atoms with van der Waals surface area (Å²) in [5.74, 6) is 1.07. The lowest BCUT2D eigenvalue weighted by atomic mass is 10.1. The molecule has 0 aliphatic heterocycles. The van der Waals surface area contributed by atoms with E-state index in [1.807, 2.05) is 38.5 Å². The summed E-state index contributed by atoms with van der Waals surface area (Å²) in [6.07, 6.45) is 4.29. The number of likely N-dealkylation sites (N-methyl/N-ethyl adjacent to an activating group) is 1. The van der Waals surface area contributed by atoms with Crippen LogP contribution in [0.15, 0.2) is 35.2 Å². The standard InChI is InChI=1S/C14H16N4O/c1-15-6-5-14-16-8-12(18(14)2)10-3-4-11-13(7-10)19-9-17-11/h3-4,7-9,15H,5-6H2,1-2H3. The van der Waals surface area contributed by atoms with E-state index in [1.54, 1.807) is 0 Å². The molecule has 0 saturated carbocycles. The molecule has 2 heterocycles. The third-order valence-electron chi connectivity index (χ3n) is 3.31. The summed E-state index contributed by atoms with van der Waals surface area (Å²) in [7, 11) is 3.99. The van der Waals surface area contributed by atoms with E-state index in [-0.39, 0.29) is 0 Å². The molecule has 5 heteroatoms. The maximum Gasteiger partial charge on any atom is 0.181 e. The molecule has 1 N–H and O–H groups in total. The number of nitrogens with one attached hydrogen (secondary N) is 1. The maximum absolute atomic E-state index is 5.34. The van der Waals surface area contributed by atoms with Gasteiger partial charge in [-0.15, -0.1) is 0 Å². The van der Waals surface area contributed by atoms with Crippen LogP contribution in [0.4, 0.5) is 0 Å². The molecule has 5 nitrogen and oxygen atoms in total. The molecule has 2 aromatic heterocycles. The van der Waals surface area contributed by atoms with Crippen LogP contribution in [-0.4, -0.2) is 28.1 Å². The number of imidazole rings is 1. The SMILES string of the molecule is CNCCc1ncc(-c2ccc3ncoc3c2)n1C. The molecule has 0 aliphatic carbocycles. The number of hydrogen-bond acceptors (Lipinski definition) is 4. The van der Waals surface area contributed by atoms with Crippen LogP contribution in [0, 0.1) is 0 Å². The second-order valence-corrected chi connectivity index (χ2v) is 4.51. The summed E-state index contributed by atoms with van der Waals surface area (Å²) < 4.78 is 7.46. The minimum atomic E-state index is 0.801. The molecule has 0 amide bonds. The first-order valence-electron chi connectivity index (χ1n) is 6.28. The van der Waals surface area contributed by atoms with Gasteiger partial charge in [-0.25, -0.2) is 9.97 Å². The van der Waals surface area contributed by atoms with Crippen LogP contribution in [0.2, 0.25) is 0 Å². The maximum atomic E-state index is 5.34. The number of rotatable bonds is 4. The number of hydrogen-bond donors (Lipinski definition) is 1. The van der Waals surface area contributed by atoms with E-state index in [9.17, 15) is 0 Å². The smallest absolute Gasteiger partial charge is 0.181 e. The molecule has 3 aromatic rings. The Balaban J connectivity index is 1.98. The summed E-state index contributed by atoms with van der Waals surface area (Å²) in [5, 5.41) is 3.14. The summed E-state index contributed by atoms with van der Waals surface area (Å²) in [6, 6.07) is 6.01. The van der Waals surface area contributed by atoms with Gasteiger partial charge in [-0.1, -0.05) is 6.07 Å². The lowest BCUT2D eigenvalue weighted by Gasteiger charge is -2.06. The summed E-state index contributed by atoms with van der Waals surface area (Å²) >= 11 is 0. The molecule has 0 fully saturated rings. The van der Waals surface area contributed by atoms with Crippen molar-refractivity contribution in [3.63, 3.8) is 0 Å². The third-order valence-corrected chi connectivity index (χ3v) is 3.31. The Bertz CT molecular complexity index is 698. The van der Waals surface area contributed by atoms with Gasteiger partial charge in [0.05, 0.1) is 11.9 Å². The molecule has 19 heavy (non-hydrogen) atoms. The third kappa shape index (κ3) is 2.13. The zero-order valence-electron chi connectivity index (χ0n) is 11.1. The second kappa shape index (κ2) is 4.85. The highest BCUT2D eigenvalue weighted by molar-refractivity contribution is 5.78. The monoisotopic (exact) mass is 256 g/mol. The summed E-state index contributed by atoms with van der Waals surface area (Å²) in [6.45, 7) is 0.922. The predicted octanol–water partition coefficient (Wildman–Crippen LogP) is 1.99. The van der Waals surface area contributed by atoms with Crippen LogP contribution in [0.5, 0.6) is 0 Å². The van der Waals surface area contributed by atoms with Crippen LogP contribution in [0.25, 0.3) is 22.4 Å². The van der Waals surface area contributed by atoms with E-state index < -0.39 is 0 Å². The first-order chi connectivity index (χ1) is 9.29. The van der Waals surface area contributed by atoms with Gasteiger partial charge in [-0.3, -0.25) is 0 Å². The van der Waals surface area contributed by atoms with Gasteiger partial charge in [-0.05, 0) is 19.2 Å². The Hall–Kier alpha value is -2.14. The molecule has 0 aliphatic rings. The second-order valence-electron chi connectivity index (χ2n) is 4.51. The summed E-state index contributed by atoms with van der Waals surface area (Å²) in [5.41, 5.74) is 3.86. The molecule has 1 aromatic carbocycles. The highest BCUT2D eigenvalue weighted by atomic mass is 16.3. The minimum Gasteiger partial charge on any atom is -0.443 e. The molecule has 0 atom stereocenters. The van der Waals surface area contributed by atoms with E-state index in [0.29, 0.717) is 0 Å². The van der Waals surface area contributed by atoms with Crippen LogP contribution in [-0.2, 0) is 13.5 Å². The zero-order valence-corrected chi connectivity index (χ0v) is 11.1. The predicted molar refractivity (Wildman–Crippen MR) is 73.8 cm³/mol. The van der Waals surface area contributed by atoms with E-state index >= 15 is 0 Å². The van der Waals surface area contributed by atoms with Crippen molar-refractivity contribution in [2.45, 2.75) is 6.42 Å². The Morgan fingerprint density at radius 3 is 3.05 bits per heavy atom. The van der Waals surface area contributed by atoms with E-state index in [0.717, 1.165) is 41.1 Å². The van der Waals surface area contributed by atoms with Crippen molar-refractivity contribution in [1.82, 2.24) is 19.9 Å². The summed E-state index contributed by atoms with van der Waals surface area (Å²) in [4.78, 5) is 8.60. The molecule has 98 valence electrons. The Morgan fingerprint density at radius 2 is 2.21 bits per heavy atom. The molecule has 0 spiro atoms. The van der Waals surface area contributed by atoms with Crippen molar-refractivity contribution in [2.75, 3.05) is 13.6 Å². The molecule has 0 bridgehead atoms. The first kappa shape index (κ1) is 11.9. The van der Waals surface area contributed by atoms with Gasteiger partial charge in [-0.2, -0.15) is 0 Å². The van der Waals surface area contributed by atoms with Crippen molar-refractivity contribution in [3.05, 3.63) is 36.6 Å².